The number of benzene rings is 1. The number of carbonyl (C=O) groups excluding carboxylic acids is 2. The second-order valence-electron chi connectivity index (χ2n) is 3.83. The Morgan fingerprint density at radius 3 is 2.68 bits per heavy atom. The van der Waals surface area contributed by atoms with Crippen LogP contribution in [0.4, 0.5) is 0 Å². The molecule has 1 aromatic carbocycles. The largest absolute Gasteiger partial charge is 0.482 e. The minimum absolute atomic E-state index is 0.0780. The Morgan fingerprint density at radius 2 is 2.11 bits per heavy atom. The van der Waals surface area contributed by atoms with E-state index in [1.54, 1.807) is 19.2 Å². The van der Waals surface area contributed by atoms with Crippen molar-refractivity contribution in [3.8, 4) is 5.75 Å². The second kappa shape index (κ2) is 7.76. The number of methoxy groups -OCH3 is 1. The first-order valence-electron chi connectivity index (χ1n) is 5.73. The molecule has 0 fully saturated rings. The average molecular weight is 286 g/mol. The van der Waals surface area contributed by atoms with Gasteiger partial charge in [0.05, 0.1) is 11.6 Å². The molecule has 6 heteroatoms. The summed E-state index contributed by atoms with van der Waals surface area (Å²) in [5.74, 6) is 0.0306. The van der Waals surface area contributed by atoms with Crippen molar-refractivity contribution in [3.05, 3.63) is 28.8 Å². The lowest BCUT2D eigenvalue weighted by atomic mass is 10.1. The maximum Gasteiger partial charge on any atom is 0.258 e. The molecule has 0 spiro atoms. The molecule has 0 aliphatic carbocycles. The van der Waals surface area contributed by atoms with Crippen LogP contribution >= 0.6 is 11.6 Å². The Balaban J connectivity index is 2.49. The number of hydrogen-bond donors (Lipinski definition) is 1. The maximum absolute atomic E-state index is 11.4. The zero-order valence-corrected chi connectivity index (χ0v) is 11.6. The van der Waals surface area contributed by atoms with Crippen molar-refractivity contribution in [3.63, 3.8) is 0 Å². The molecule has 0 unspecified atom stereocenters. The van der Waals surface area contributed by atoms with Gasteiger partial charge in [0.15, 0.2) is 12.4 Å². The van der Waals surface area contributed by atoms with Gasteiger partial charge in [-0.2, -0.15) is 0 Å². The smallest absolute Gasteiger partial charge is 0.258 e. The highest BCUT2D eigenvalue weighted by Crippen LogP contribution is 2.25. The zero-order chi connectivity index (χ0) is 14.3. The number of carbonyl (C=O) groups is 2. The maximum atomic E-state index is 11.4. The summed E-state index contributed by atoms with van der Waals surface area (Å²) >= 11 is 5.95. The van der Waals surface area contributed by atoms with Crippen molar-refractivity contribution in [2.24, 2.45) is 0 Å². The number of ketones is 1. The Bertz CT molecular complexity index is 462. The van der Waals surface area contributed by atoms with Gasteiger partial charge in [0, 0.05) is 19.2 Å². The first kappa shape index (κ1) is 15.5. The highest BCUT2D eigenvalue weighted by molar-refractivity contribution is 6.32. The third kappa shape index (κ3) is 5.28. The highest BCUT2D eigenvalue weighted by Gasteiger charge is 2.08. The molecule has 1 aromatic rings. The van der Waals surface area contributed by atoms with Crippen LogP contribution in [0.25, 0.3) is 0 Å². The third-order valence-corrected chi connectivity index (χ3v) is 2.62. The van der Waals surface area contributed by atoms with Crippen LogP contribution in [-0.4, -0.2) is 38.6 Å². The summed E-state index contributed by atoms with van der Waals surface area (Å²) in [5.41, 5.74) is 0.502. The molecule has 104 valence electrons. The van der Waals surface area contributed by atoms with Crippen molar-refractivity contribution < 1.29 is 19.1 Å². The van der Waals surface area contributed by atoms with Crippen LogP contribution in [0.15, 0.2) is 18.2 Å². The molecule has 0 heterocycles. The Kier molecular flexibility index (Phi) is 6.32. The van der Waals surface area contributed by atoms with Gasteiger partial charge in [-0.05, 0) is 25.1 Å². The van der Waals surface area contributed by atoms with Crippen LogP contribution < -0.4 is 10.1 Å². The molecule has 1 N–H and O–H groups in total. The van der Waals surface area contributed by atoms with Crippen LogP contribution in [0, 0.1) is 0 Å². The van der Waals surface area contributed by atoms with Crippen molar-refractivity contribution in [1.82, 2.24) is 5.32 Å². The normalized spacial score (nSPS) is 10.1. The first-order chi connectivity index (χ1) is 9.04. The van der Waals surface area contributed by atoms with Crippen LogP contribution in [0.2, 0.25) is 5.02 Å². The molecule has 0 saturated heterocycles. The average Bonchev–Trinajstić information content (AvgIpc) is 2.37. The first-order valence-corrected chi connectivity index (χ1v) is 6.11. The quantitative estimate of drug-likeness (QED) is 0.611. The topological polar surface area (TPSA) is 64.6 Å². The Labute approximate surface area is 116 Å². The van der Waals surface area contributed by atoms with Crippen molar-refractivity contribution in [1.29, 1.82) is 0 Å². The lowest BCUT2D eigenvalue weighted by molar-refractivity contribution is -0.123. The summed E-state index contributed by atoms with van der Waals surface area (Å²) in [7, 11) is 1.55. The SMILES string of the molecule is COCCNC(=O)COc1ccc(C(C)=O)cc1Cl. The van der Waals surface area contributed by atoms with E-state index in [4.69, 9.17) is 21.1 Å². The molecular formula is C13H16ClNO4. The van der Waals surface area contributed by atoms with E-state index in [2.05, 4.69) is 5.32 Å². The van der Waals surface area contributed by atoms with Gasteiger partial charge in [0.1, 0.15) is 5.75 Å². The van der Waals surface area contributed by atoms with Gasteiger partial charge in [0.25, 0.3) is 5.91 Å². The van der Waals surface area contributed by atoms with Gasteiger partial charge < -0.3 is 14.8 Å². The predicted molar refractivity (Wildman–Crippen MR) is 71.8 cm³/mol. The monoisotopic (exact) mass is 285 g/mol. The predicted octanol–water partition coefficient (Wildman–Crippen LogP) is 1.68. The van der Waals surface area contributed by atoms with E-state index < -0.39 is 0 Å². The lowest BCUT2D eigenvalue weighted by Gasteiger charge is -2.09. The molecule has 1 amide bonds. The van der Waals surface area contributed by atoms with E-state index in [9.17, 15) is 9.59 Å². The van der Waals surface area contributed by atoms with E-state index >= 15 is 0 Å². The molecule has 0 aliphatic heterocycles. The lowest BCUT2D eigenvalue weighted by Crippen LogP contribution is -2.31. The number of amides is 1. The van der Waals surface area contributed by atoms with E-state index in [1.165, 1.54) is 13.0 Å². The molecule has 19 heavy (non-hydrogen) atoms. The van der Waals surface area contributed by atoms with Gasteiger partial charge in [-0.25, -0.2) is 0 Å². The van der Waals surface area contributed by atoms with E-state index in [-0.39, 0.29) is 18.3 Å². The van der Waals surface area contributed by atoms with Gasteiger partial charge in [-0.1, -0.05) is 11.6 Å². The number of Topliss-reactive ketones (excluding diaryl/α,β-unsaturated/α-hetero) is 1. The number of nitrogens with one attached hydrogen (secondary N) is 1. The van der Waals surface area contributed by atoms with Gasteiger partial charge >= 0.3 is 0 Å². The molecule has 0 aliphatic rings. The molecule has 5 nitrogen and oxygen atoms in total. The van der Waals surface area contributed by atoms with Crippen LogP contribution in [0.5, 0.6) is 5.75 Å². The Morgan fingerprint density at radius 1 is 1.37 bits per heavy atom. The van der Waals surface area contributed by atoms with Crippen molar-refractivity contribution in [2.75, 3.05) is 26.9 Å². The highest BCUT2D eigenvalue weighted by atomic mass is 35.5. The molecular weight excluding hydrogens is 270 g/mol. The summed E-state index contributed by atoms with van der Waals surface area (Å²) in [4.78, 5) is 22.5. The molecule has 0 aromatic heterocycles. The third-order valence-electron chi connectivity index (χ3n) is 2.33. The fourth-order valence-corrected chi connectivity index (χ4v) is 1.56. The van der Waals surface area contributed by atoms with E-state index in [0.717, 1.165) is 0 Å². The fraction of sp³-hybridized carbons (Fsp3) is 0.385. The summed E-state index contributed by atoms with van der Waals surface area (Å²) < 4.78 is 10.1. The minimum atomic E-state index is -0.260. The molecule has 1 rings (SSSR count). The van der Waals surface area contributed by atoms with Crippen LogP contribution in [0.3, 0.4) is 0 Å². The van der Waals surface area contributed by atoms with Crippen molar-refractivity contribution >= 4 is 23.3 Å². The Hall–Kier alpha value is -1.59. The summed E-state index contributed by atoms with van der Waals surface area (Å²) in [6.07, 6.45) is 0. The molecule has 0 atom stereocenters. The van der Waals surface area contributed by atoms with Crippen LogP contribution in [-0.2, 0) is 9.53 Å². The number of halogens is 1. The minimum Gasteiger partial charge on any atom is -0.482 e. The van der Waals surface area contributed by atoms with Gasteiger partial charge in [-0.15, -0.1) is 0 Å². The summed E-state index contributed by atoms with van der Waals surface area (Å²) in [5, 5.41) is 2.92. The standard InChI is InChI=1S/C13H16ClNO4/c1-9(16)10-3-4-12(11(14)7-10)19-8-13(17)15-5-6-18-2/h3-4,7H,5-6,8H2,1-2H3,(H,15,17). The second-order valence-corrected chi connectivity index (χ2v) is 4.24. The van der Waals surface area contributed by atoms with Gasteiger partial charge in [-0.3, -0.25) is 9.59 Å². The number of hydrogen-bond acceptors (Lipinski definition) is 4. The molecule has 0 saturated carbocycles. The number of ether oxygens (including phenoxy) is 2. The molecule has 0 radical (unpaired) electrons. The van der Waals surface area contributed by atoms with E-state index in [1.807, 2.05) is 0 Å². The summed E-state index contributed by atoms with van der Waals surface area (Å²) in [6, 6.07) is 4.69. The van der Waals surface area contributed by atoms with E-state index in [0.29, 0.717) is 29.5 Å². The fourth-order valence-electron chi connectivity index (χ4n) is 1.32. The zero-order valence-electron chi connectivity index (χ0n) is 10.9. The van der Waals surface area contributed by atoms with Gasteiger partial charge in [0.2, 0.25) is 0 Å². The van der Waals surface area contributed by atoms with Crippen LogP contribution in [0.1, 0.15) is 17.3 Å². The molecule has 0 bridgehead atoms. The van der Waals surface area contributed by atoms with Crippen molar-refractivity contribution in [2.45, 2.75) is 6.92 Å². The number of rotatable bonds is 7. The summed E-state index contributed by atoms with van der Waals surface area (Å²) in [6.45, 7) is 2.19.